The van der Waals surface area contributed by atoms with Crippen molar-refractivity contribution in [3.8, 4) is 5.75 Å². The van der Waals surface area contributed by atoms with E-state index in [1.807, 2.05) is 12.1 Å². The number of nitrogens with zero attached hydrogens (tertiary/aromatic N) is 1. The number of aliphatic hydroxyl groups is 1. The topological polar surface area (TPSA) is 32.7 Å². The molecule has 3 heteroatoms. The van der Waals surface area contributed by atoms with Crippen LogP contribution in [0.3, 0.4) is 0 Å². The van der Waals surface area contributed by atoms with Crippen molar-refractivity contribution in [1.29, 1.82) is 0 Å². The molecular formula is C19H21NO2. The van der Waals surface area contributed by atoms with Gasteiger partial charge in [0.05, 0.1) is 6.61 Å². The molecule has 0 saturated heterocycles. The summed E-state index contributed by atoms with van der Waals surface area (Å²) < 4.78 is 5.89. The molecule has 1 N–H and O–H groups in total. The highest BCUT2D eigenvalue weighted by Gasteiger charge is 2.28. The number of ether oxygens (including phenoxy) is 1. The summed E-state index contributed by atoms with van der Waals surface area (Å²) in [5, 5.41) is 9.35. The van der Waals surface area contributed by atoms with Crippen molar-refractivity contribution in [2.45, 2.75) is 32.0 Å². The number of fused-ring (bicyclic) bond motifs is 2. The van der Waals surface area contributed by atoms with Crippen LogP contribution in [0.25, 0.3) is 0 Å². The summed E-state index contributed by atoms with van der Waals surface area (Å²) in [5.41, 5.74) is 5.13. The molecule has 0 bridgehead atoms. The first-order chi connectivity index (χ1) is 10.8. The molecular weight excluding hydrogens is 274 g/mol. The number of hydrogen-bond acceptors (Lipinski definition) is 3. The fraction of sp³-hybridized carbons (Fsp3) is 0.368. The lowest BCUT2D eigenvalue weighted by Crippen LogP contribution is -2.37. The average molecular weight is 295 g/mol. The van der Waals surface area contributed by atoms with Crippen LogP contribution in [0.4, 0.5) is 0 Å². The van der Waals surface area contributed by atoms with E-state index in [4.69, 9.17) is 4.74 Å². The van der Waals surface area contributed by atoms with E-state index in [1.54, 1.807) is 0 Å². The van der Waals surface area contributed by atoms with E-state index >= 15 is 0 Å². The normalized spacial score (nSPS) is 18.4. The first kappa shape index (κ1) is 13.8. The molecule has 1 aliphatic heterocycles. The molecule has 0 atom stereocenters. The minimum absolute atomic E-state index is 0.0855. The maximum Gasteiger partial charge on any atom is 0.123 e. The van der Waals surface area contributed by atoms with Crippen molar-refractivity contribution in [3.63, 3.8) is 0 Å². The zero-order chi connectivity index (χ0) is 14.9. The van der Waals surface area contributed by atoms with Crippen molar-refractivity contribution in [2.24, 2.45) is 0 Å². The van der Waals surface area contributed by atoms with E-state index in [-0.39, 0.29) is 6.61 Å². The van der Waals surface area contributed by atoms with Crippen LogP contribution in [0, 0.1) is 0 Å². The lowest BCUT2D eigenvalue weighted by Gasteiger charge is -2.26. The molecule has 22 heavy (non-hydrogen) atoms. The van der Waals surface area contributed by atoms with Crippen LogP contribution >= 0.6 is 0 Å². The van der Waals surface area contributed by atoms with E-state index in [0.29, 0.717) is 6.04 Å². The molecule has 0 radical (unpaired) electrons. The second-order valence-corrected chi connectivity index (χ2v) is 6.25. The Bertz CT molecular complexity index is 658. The molecule has 1 aliphatic carbocycles. The standard InChI is InChI=1S/C19H21NO2/c21-13-14-5-6-19-17(9-14)12-20(7-8-22-19)18-10-15-3-1-2-4-16(15)11-18/h1-6,9,18,21H,7-8,10-13H2. The van der Waals surface area contributed by atoms with Crippen LogP contribution in [0.1, 0.15) is 22.3 Å². The van der Waals surface area contributed by atoms with Gasteiger partial charge in [-0.3, -0.25) is 4.90 Å². The Kier molecular flexibility index (Phi) is 3.60. The molecule has 1 heterocycles. The van der Waals surface area contributed by atoms with Crippen molar-refractivity contribution in [1.82, 2.24) is 4.90 Å². The van der Waals surface area contributed by atoms with Gasteiger partial charge in [0.1, 0.15) is 12.4 Å². The third-order valence-electron chi connectivity index (χ3n) is 4.86. The van der Waals surface area contributed by atoms with Gasteiger partial charge in [-0.25, -0.2) is 0 Å². The molecule has 3 nitrogen and oxygen atoms in total. The van der Waals surface area contributed by atoms with Gasteiger partial charge >= 0.3 is 0 Å². The number of aliphatic hydroxyl groups excluding tert-OH is 1. The predicted octanol–water partition coefficient (Wildman–Crippen LogP) is 2.54. The van der Waals surface area contributed by atoms with Gasteiger partial charge in [-0.1, -0.05) is 30.3 Å². The molecule has 4 rings (SSSR count). The lowest BCUT2D eigenvalue weighted by atomic mass is 10.1. The fourth-order valence-electron chi connectivity index (χ4n) is 3.67. The van der Waals surface area contributed by atoms with Gasteiger partial charge in [0.2, 0.25) is 0 Å². The second kappa shape index (κ2) is 5.75. The molecule has 0 spiro atoms. The predicted molar refractivity (Wildman–Crippen MR) is 85.9 cm³/mol. The van der Waals surface area contributed by atoms with Crippen LogP contribution < -0.4 is 4.74 Å². The third kappa shape index (κ3) is 2.51. The van der Waals surface area contributed by atoms with Crippen LogP contribution in [-0.4, -0.2) is 29.2 Å². The van der Waals surface area contributed by atoms with Crippen LogP contribution in [-0.2, 0) is 26.0 Å². The second-order valence-electron chi connectivity index (χ2n) is 6.25. The van der Waals surface area contributed by atoms with Crippen molar-refractivity contribution in [3.05, 3.63) is 64.7 Å². The van der Waals surface area contributed by atoms with E-state index in [1.165, 1.54) is 16.7 Å². The first-order valence-corrected chi connectivity index (χ1v) is 8.00. The summed E-state index contributed by atoms with van der Waals surface area (Å²) in [7, 11) is 0. The van der Waals surface area contributed by atoms with Gasteiger partial charge in [0.25, 0.3) is 0 Å². The lowest BCUT2D eigenvalue weighted by molar-refractivity contribution is 0.173. The molecule has 2 aromatic rings. The summed E-state index contributed by atoms with van der Waals surface area (Å²) in [6, 6.07) is 15.3. The van der Waals surface area contributed by atoms with E-state index in [2.05, 4.69) is 35.2 Å². The summed E-state index contributed by atoms with van der Waals surface area (Å²) in [4.78, 5) is 2.53. The van der Waals surface area contributed by atoms with Gasteiger partial charge in [-0.05, 0) is 41.7 Å². The summed E-state index contributed by atoms with van der Waals surface area (Å²) in [6.45, 7) is 2.68. The largest absolute Gasteiger partial charge is 0.492 e. The molecule has 2 aromatic carbocycles. The molecule has 0 unspecified atom stereocenters. The van der Waals surface area contributed by atoms with Crippen molar-refractivity contribution < 1.29 is 9.84 Å². The van der Waals surface area contributed by atoms with Gasteiger partial charge in [0.15, 0.2) is 0 Å². The Labute approximate surface area is 131 Å². The van der Waals surface area contributed by atoms with Gasteiger partial charge in [-0.2, -0.15) is 0 Å². The summed E-state index contributed by atoms with van der Waals surface area (Å²) in [5.74, 6) is 0.968. The molecule has 114 valence electrons. The van der Waals surface area contributed by atoms with Gasteiger partial charge < -0.3 is 9.84 Å². The monoisotopic (exact) mass is 295 g/mol. The first-order valence-electron chi connectivity index (χ1n) is 8.00. The maximum absolute atomic E-state index is 9.35. The Balaban J connectivity index is 1.56. The molecule has 0 fully saturated rings. The number of rotatable bonds is 2. The number of hydrogen-bond donors (Lipinski definition) is 1. The SMILES string of the molecule is OCc1ccc2c(c1)CN(C1Cc3ccccc3C1)CCO2. The van der Waals surface area contributed by atoms with Gasteiger partial charge in [0, 0.05) is 24.7 Å². The van der Waals surface area contributed by atoms with E-state index in [9.17, 15) is 5.11 Å². The van der Waals surface area contributed by atoms with Crippen LogP contribution in [0.2, 0.25) is 0 Å². The Morgan fingerprint density at radius 1 is 1.05 bits per heavy atom. The molecule has 0 aromatic heterocycles. The van der Waals surface area contributed by atoms with Crippen LogP contribution in [0.5, 0.6) is 5.75 Å². The smallest absolute Gasteiger partial charge is 0.123 e. The molecule has 2 aliphatic rings. The Hall–Kier alpha value is -1.84. The maximum atomic E-state index is 9.35. The third-order valence-corrected chi connectivity index (χ3v) is 4.86. The fourth-order valence-corrected chi connectivity index (χ4v) is 3.67. The Morgan fingerprint density at radius 2 is 1.82 bits per heavy atom. The Morgan fingerprint density at radius 3 is 2.55 bits per heavy atom. The number of benzene rings is 2. The van der Waals surface area contributed by atoms with E-state index in [0.717, 1.165) is 43.9 Å². The highest BCUT2D eigenvalue weighted by Crippen LogP contribution is 2.30. The van der Waals surface area contributed by atoms with Crippen molar-refractivity contribution in [2.75, 3.05) is 13.2 Å². The zero-order valence-corrected chi connectivity index (χ0v) is 12.7. The minimum Gasteiger partial charge on any atom is -0.492 e. The van der Waals surface area contributed by atoms with Crippen molar-refractivity contribution >= 4 is 0 Å². The quantitative estimate of drug-likeness (QED) is 0.924. The highest BCUT2D eigenvalue weighted by atomic mass is 16.5. The van der Waals surface area contributed by atoms with Gasteiger partial charge in [-0.15, -0.1) is 0 Å². The highest BCUT2D eigenvalue weighted by molar-refractivity contribution is 5.38. The summed E-state index contributed by atoms with van der Waals surface area (Å²) >= 11 is 0. The molecule has 0 saturated carbocycles. The minimum atomic E-state index is 0.0855. The summed E-state index contributed by atoms with van der Waals surface area (Å²) in [6.07, 6.45) is 2.26. The van der Waals surface area contributed by atoms with E-state index < -0.39 is 0 Å². The zero-order valence-electron chi connectivity index (χ0n) is 12.7. The average Bonchev–Trinajstić information content (AvgIpc) is 2.87. The molecule has 0 amide bonds. The van der Waals surface area contributed by atoms with Crippen LogP contribution in [0.15, 0.2) is 42.5 Å².